The van der Waals surface area contributed by atoms with Crippen molar-refractivity contribution in [1.29, 1.82) is 0 Å². The third kappa shape index (κ3) is 2.24. The van der Waals surface area contributed by atoms with Crippen LogP contribution in [0.5, 0.6) is 0 Å². The molecule has 0 unspecified atom stereocenters. The molecule has 17 heavy (non-hydrogen) atoms. The standard InChI is InChI=1S/C12H15F3N2/c1-2-7-6-10(16)8-4-3-5-9(11(8)17-7)12(13,14)15/h3-5,7,10,17H,2,6,16H2,1H3/t7-,10+/m1/s1. The number of halogens is 3. The SMILES string of the molecule is CC[C@@H]1C[C@H](N)c2cccc(C(F)(F)F)c2N1. The number of alkyl halides is 3. The molecule has 2 nitrogen and oxygen atoms in total. The van der Waals surface area contributed by atoms with Gasteiger partial charge in [-0.05, 0) is 24.5 Å². The van der Waals surface area contributed by atoms with Gasteiger partial charge in [-0.2, -0.15) is 13.2 Å². The van der Waals surface area contributed by atoms with Gasteiger partial charge in [-0.3, -0.25) is 0 Å². The van der Waals surface area contributed by atoms with Crippen LogP contribution in [0.1, 0.15) is 36.9 Å². The molecule has 1 aromatic carbocycles. The minimum absolute atomic E-state index is 0.0148. The molecule has 0 aromatic heterocycles. The Bertz CT molecular complexity index is 415. The van der Waals surface area contributed by atoms with Crippen molar-refractivity contribution in [3.63, 3.8) is 0 Å². The molecule has 1 aromatic rings. The Hall–Kier alpha value is -1.23. The molecule has 0 saturated heterocycles. The van der Waals surface area contributed by atoms with Crippen LogP contribution in [0, 0.1) is 0 Å². The molecule has 5 heteroatoms. The molecule has 0 fully saturated rings. The highest BCUT2D eigenvalue weighted by atomic mass is 19.4. The molecule has 0 saturated carbocycles. The molecule has 0 bridgehead atoms. The first kappa shape index (κ1) is 12.2. The third-order valence-electron chi connectivity index (χ3n) is 3.18. The number of benzene rings is 1. The predicted octanol–water partition coefficient (Wildman–Crippen LogP) is 3.30. The monoisotopic (exact) mass is 244 g/mol. The third-order valence-corrected chi connectivity index (χ3v) is 3.18. The Kier molecular flexibility index (Phi) is 3.03. The van der Waals surface area contributed by atoms with Crippen LogP contribution in [-0.2, 0) is 6.18 Å². The molecule has 1 aliphatic rings. The van der Waals surface area contributed by atoms with E-state index in [0.29, 0.717) is 12.0 Å². The lowest BCUT2D eigenvalue weighted by Gasteiger charge is -2.32. The first-order chi connectivity index (χ1) is 7.93. The topological polar surface area (TPSA) is 38.0 Å². The predicted molar refractivity (Wildman–Crippen MR) is 60.7 cm³/mol. The summed E-state index contributed by atoms with van der Waals surface area (Å²) >= 11 is 0. The van der Waals surface area contributed by atoms with Crippen molar-refractivity contribution >= 4 is 5.69 Å². The Morgan fingerprint density at radius 2 is 2.12 bits per heavy atom. The van der Waals surface area contributed by atoms with Gasteiger partial charge < -0.3 is 11.1 Å². The van der Waals surface area contributed by atoms with E-state index in [-0.39, 0.29) is 17.8 Å². The van der Waals surface area contributed by atoms with Crippen molar-refractivity contribution in [2.45, 2.75) is 38.0 Å². The van der Waals surface area contributed by atoms with E-state index in [9.17, 15) is 13.2 Å². The average Bonchev–Trinajstić information content (AvgIpc) is 2.26. The van der Waals surface area contributed by atoms with E-state index in [0.717, 1.165) is 12.5 Å². The smallest absolute Gasteiger partial charge is 0.381 e. The molecule has 2 atom stereocenters. The van der Waals surface area contributed by atoms with Gasteiger partial charge in [-0.15, -0.1) is 0 Å². The molecular formula is C12H15F3N2. The second kappa shape index (κ2) is 4.22. The number of nitrogens with one attached hydrogen (secondary N) is 1. The fourth-order valence-electron chi connectivity index (χ4n) is 2.24. The summed E-state index contributed by atoms with van der Waals surface area (Å²) in [7, 11) is 0. The van der Waals surface area contributed by atoms with E-state index in [2.05, 4.69) is 5.32 Å². The van der Waals surface area contributed by atoms with Gasteiger partial charge in [-0.25, -0.2) is 0 Å². The molecule has 2 rings (SSSR count). The Morgan fingerprint density at radius 3 is 2.71 bits per heavy atom. The number of rotatable bonds is 1. The van der Waals surface area contributed by atoms with Crippen LogP contribution in [0.4, 0.5) is 18.9 Å². The number of hydrogen-bond acceptors (Lipinski definition) is 2. The van der Waals surface area contributed by atoms with Gasteiger partial charge in [0.25, 0.3) is 0 Å². The van der Waals surface area contributed by atoms with Gasteiger partial charge >= 0.3 is 6.18 Å². The number of nitrogens with two attached hydrogens (primary N) is 1. The summed E-state index contributed by atoms with van der Waals surface area (Å²) in [5, 5.41) is 2.95. The summed E-state index contributed by atoms with van der Waals surface area (Å²) in [4.78, 5) is 0. The van der Waals surface area contributed by atoms with Gasteiger partial charge in [0.1, 0.15) is 0 Å². The van der Waals surface area contributed by atoms with Crippen molar-refractivity contribution in [2.24, 2.45) is 5.73 Å². The minimum atomic E-state index is -4.34. The second-order valence-electron chi connectivity index (χ2n) is 4.36. The van der Waals surface area contributed by atoms with E-state index in [1.807, 2.05) is 6.92 Å². The van der Waals surface area contributed by atoms with Gasteiger partial charge in [0, 0.05) is 12.1 Å². The van der Waals surface area contributed by atoms with Crippen LogP contribution in [-0.4, -0.2) is 6.04 Å². The normalized spacial score (nSPS) is 24.1. The lowest BCUT2D eigenvalue weighted by molar-refractivity contribution is -0.137. The van der Waals surface area contributed by atoms with Crippen molar-refractivity contribution in [2.75, 3.05) is 5.32 Å². The number of anilines is 1. The van der Waals surface area contributed by atoms with E-state index in [4.69, 9.17) is 5.73 Å². The molecule has 3 N–H and O–H groups in total. The summed E-state index contributed by atoms with van der Waals surface area (Å²) in [5.41, 5.74) is 6.01. The molecule has 1 heterocycles. The molecular weight excluding hydrogens is 229 g/mol. The van der Waals surface area contributed by atoms with E-state index >= 15 is 0 Å². The van der Waals surface area contributed by atoms with Gasteiger partial charge in [0.2, 0.25) is 0 Å². The molecule has 0 amide bonds. The van der Waals surface area contributed by atoms with Crippen LogP contribution in [0.25, 0.3) is 0 Å². The van der Waals surface area contributed by atoms with Crippen molar-refractivity contribution in [1.82, 2.24) is 0 Å². The first-order valence-electron chi connectivity index (χ1n) is 5.65. The number of hydrogen-bond donors (Lipinski definition) is 2. The first-order valence-corrected chi connectivity index (χ1v) is 5.65. The zero-order chi connectivity index (χ0) is 12.6. The summed E-state index contributed by atoms with van der Waals surface area (Å²) in [6.45, 7) is 1.94. The quantitative estimate of drug-likeness (QED) is 0.795. The average molecular weight is 244 g/mol. The highest BCUT2D eigenvalue weighted by Gasteiger charge is 2.37. The molecule has 0 aliphatic carbocycles. The summed E-state index contributed by atoms with van der Waals surface area (Å²) in [6.07, 6.45) is -2.90. The van der Waals surface area contributed by atoms with Crippen molar-refractivity contribution in [3.8, 4) is 0 Å². The van der Waals surface area contributed by atoms with Gasteiger partial charge in [0.05, 0.1) is 11.3 Å². The van der Waals surface area contributed by atoms with Crippen LogP contribution in [0.2, 0.25) is 0 Å². The summed E-state index contributed by atoms with van der Waals surface area (Å²) in [5.74, 6) is 0. The Morgan fingerprint density at radius 1 is 1.41 bits per heavy atom. The summed E-state index contributed by atoms with van der Waals surface area (Å²) < 4.78 is 38.6. The largest absolute Gasteiger partial charge is 0.418 e. The number of para-hydroxylation sites is 1. The van der Waals surface area contributed by atoms with Crippen LogP contribution in [0.15, 0.2) is 18.2 Å². The fourth-order valence-corrected chi connectivity index (χ4v) is 2.24. The lowest BCUT2D eigenvalue weighted by Crippen LogP contribution is -2.32. The fraction of sp³-hybridized carbons (Fsp3) is 0.500. The maximum atomic E-state index is 12.9. The zero-order valence-electron chi connectivity index (χ0n) is 9.51. The van der Waals surface area contributed by atoms with Gasteiger partial charge in [-0.1, -0.05) is 19.1 Å². The lowest BCUT2D eigenvalue weighted by atomic mass is 9.90. The van der Waals surface area contributed by atoms with Crippen molar-refractivity contribution < 1.29 is 13.2 Å². The molecule has 1 aliphatic heterocycles. The highest BCUT2D eigenvalue weighted by Crippen LogP contribution is 2.41. The van der Waals surface area contributed by atoms with Crippen molar-refractivity contribution in [3.05, 3.63) is 29.3 Å². The maximum absolute atomic E-state index is 12.9. The van der Waals surface area contributed by atoms with Crippen LogP contribution in [0.3, 0.4) is 0 Å². The Labute approximate surface area is 98.0 Å². The maximum Gasteiger partial charge on any atom is 0.418 e. The molecule has 94 valence electrons. The van der Waals surface area contributed by atoms with E-state index < -0.39 is 11.7 Å². The van der Waals surface area contributed by atoms with Crippen LogP contribution < -0.4 is 11.1 Å². The zero-order valence-corrected chi connectivity index (χ0v) is 9.51. The second-order valence-corrected chi connectivity index (χ2v) is 4.36. The minimum Gasteiger partial charge on any atom is -0.381 e. The molecule has 0 radical (unpaired) electrons. The van der Waals surface area contributed by atoms with E-state index in [1.165, 1.54) is 6.07 Å². The Balaban J connectivity index is 2.49. The van der Waals surface area contributed by atoms with E-state index in [1.54, 1.807) is 6.07 Å². The highest BCUT2D eigenvalue weighted by molar-refractivity contribution is 5.62. The van der Waals surface area contributed by atoms with Crippen LogP contribution >= 0.6 is 0 Å². The molecule has 0 spiro atoms. The summed E-state index contributed by atoms with van der Waals surface area (Å²) in [6, 6.07) is 3.86. The number of fused-ring (bicyclic) bond motifs is 1. The van der Waals surface area contributed by atoms with Gasteiger partial charge in [0.15, 0.2) is 0 Å².